The van der Waals surface area contributed by atoms with Crippen LogP contribution in [0, 0.1) is 0 Å². The predicted molar refractivity (Wildman–Crippen MR) is 121 cm³/mol. The molecule has 5 rings (SSSR count). The summed E-state index contributed by atoms with van der Waals surface area (Å²) in [6.07, 6.45) is 6.18. The molecular formula is C24H26N2O5S. The van der Waals surface area contributed by atoms with Gasteiger partial charge in [-0.3, -0.25) is 4.79 Å². The predicted octanol–water partition coefficient (Wildman–Crippen LogP) is 3.99. The number of hydrogen-bond donors (Lipinski definition) is 2. The van der Waals surface area contributed by atoms with Gasteiger partial charge >= 0.3 is 0 Å². The van der Waals surface area contributed by atoms with Gasteiger partial charge in [-0.15, -0.1) is 0 Å². The van der Waals surface area contributed by atoms with E-state index in [1.54, 1.807) is 38.6 Å². The molecule has 0 bridgehead atoms. The fraction of sp³-hybridized carbons (Fsp3) is 0.375. The van der Waals surface area contributed by atoms with E-state index in [-0.39, 0.29) is 4.90 Å². The first-order valence-corrected chi connectivity index (χ1v) is 12.3. The van der Waals surface area contributed by atoms with Crippen molar-refractivity contribution in [3.63, 3.8) is 0 Å². The Morgan fingerprint density at radius 1 is 1.09 bits per heavy atom. The molecule has 32 heavy (non-hydrogen) atoms. The summed E-state index contributed by atoms with van der Waals surface area (Å²) in [5.41, 5.74) is 1.46. The summed E-state index contributed by atoms with van der Waals surface area (Å²) >= 11 is 0. The number of H-pyrrole nitrogens is 1. The van der Waals surface area contributed by atoms with Crippen LogP contribution in [-0.4, -0.2) is 33.5 Å². The molecule has 0 radical (unpaired) electrons. The number of ether oxygens (including phenoxy) is 2. The third-order valence-electron chi connectivity index (χ3n) is 6.84. The van der Waals surface area contributed by atoms with E-state index in [9.17, 15) is 13.2 Å². The molecule has 3 aromatic rings. The average Bonchev–Trinajstić information content (AvgIpc) is 3.40. The minimum absolute atomic E-state index is 0.0691. The molecule has 168 valence electrons. The molecule has 2 aromatic carbocycles. The van der Waals surface area contributed by atoms with Crippen LogP contribution < -0.4 is 14.2 Å². The van der Waals surface area contributed by atoms with E-state index in [1.165, 1.54) is 12.5 Å². The Morgan fingerprint density at radius 2 is 1.78 bits per heavy atom. The number of hydrogen-bond acceptors (Lipinski definition) is 5. The fourth-order valence-corrected chi connectivity index (χ4v) is 5.94. The van der Waals surface area contributed by atoms with Gasteiger partial charge in [0.1, 0.15) is 11.5 Å². The lowest BCUT2D eigenvalue weighted by atomic mass is 9.79. The van der Waals surface area contributed by atoms with Crippen LogP contribution >= 0.6 is 0 Å². The fourth-order valence-electron chi connectivity index (χ4n) is 4.66. The van der Waals surface area contributed by atoms with E-state index in [0.29, 0.717) is 46.7 Å². The number of benzene rings is 2. The van der Waals surface area contributed by atoms with Crippen molar-refractivity contribution >= 4 is 26.8 Å². The van der Waals surface area contributed by atoms with Crippen molar-refractivity contribution in [3.8, 4) is 11.5 Å². The van der Waals surface area contributed by atoms with E-state index in [0.717, 1.165) is 18.4 Å². The second-order valence-corrected chi connectivity index (χ2v) is 10.3. The molecule has 0 aliphatic heterocycles. The van der Waals surface area contributed by atoms with Gasteiger partial charge in [-0.05, 0) is 67.5 Å². The molecule has 7 nitrogen and oxygen atoms in total. The molecule has 0 atom stereocenters. The van der Waals surface area contributed by atoms with Gasteiger partial charge in [0.2, 0.25) is 5.91 Å². The number of carbonyl (C=O) groups is 1. The normalized spacial score (nSPS) is 17.6. The number of aromatic amines is 1. The van der Waals surface area contributed by atoms with Crippen LogP contribution in [0.2, 0.25) is 0 Å². The second kappa shape index (κ2) is 7.55. The Morgan fingerprint density at radius 3 is 2.34 bits per heavy atom. The van der Waals surface area contributed by atoms with Crippen LogP contribution in [0.3, 0.4) is 0 Å². The van der Waals surface area contributed by atoms with E-state index >= 15 is 0 Å². The van der Waals surface area contributed by atoms with Gasteiger partial charge < -0.3 is 14.5 Å². The zero-order chi connectivity index (χ0) is 22.5. The summed E-state index contributed by atoms with van der Waals surface area (Å²) in [5.74, 6) is 1.06. The minimum atomic E-state index is -4.06. The number of rotatable bonds is 7. The van der Waals surface area contributed by atoms with Gasteiger partial charge in [0.05, 0.1) is 30.1 Å². The first-order chi connectivity index (χ1) is 15.4. The number of methoxy groups -OCH3 is 2. The van der Waals surface area contributed by atoms with Crippen LogP contribution in [-0.2, 0) is 20.2 Å². The lowest BCUT2D eigenvalue weighted by molar-refractivity contribution is -0.121. The van der Waals surface area contributed by atoms with Crippen molar-refractivity contribution in [2.75, 3.05) is 14.2 Å². The monoisotopic (exact) mass is 454 g/mol. The smallest absolute Gasteiger partial charge is 0.264 e. The largest absolute Gasteiger partial charge is 0.496 e. The van der Waals surface area contributed by atoms with Crippen molar-refractivity contribution < 1.29 is 22.7 Å². The molecular weight excluding hydrogens is 428 g/mol. The van der Waals surface area contributed by atoms with Gasteiger partial charge in [-0.25, -0.2) is 13.1 Å². The quantitative estimate of drug-likeness (QED) is 0.563. The maximum atomic E-state index is 13.4. The van der Waals surface area contributed by atoms with E-state index in [2.05, 4.69) is 9.71 Å². The Kier molecular flexibility index (Phi) is 4.93. The molecule has 0 spiro atoms. The summed E-state index contributed by atoms with van der Waals surface area (Å²) in [4.78, 5) is 16.5. The van der Waals surface area contributed by atoms with E-state index in [1.807, 2.05) is 12.1 Å². The highest BCUT2D eigenvalue weighted by atomic mass is 32.2. The highest BCUT2D eigenvalue weighted by molar-refractivity contribution is 7.90. The first kappa shape index (κ1) is 20.9. The number of fused-ring (bicyclic) bond motifs is 1. The van der Waals surface area contributed by atoms with Crippen LogP contribution in [0.5, 0.6) is 11.5 Å². The molecule has 2 fully saturated rings. The van der Waals surface area contributed by atoms with Crippen molar-refractivity contribution in [3.05, 3.63) is 53.7 Å². The molecule has 1 heterocycles. The van der Waals surface area contributed by atoms with Gasteiger partial charge in [0.25, 0.3) is 10.0 Å². The van der Waals surface area contributed by atoms with Gasteiger partial charge in [-0.1, -0.05) is 12.5 Å². The molecule has 8 heteroatoms. The molecule has 2 N–H and O–H groups in total. The number of sulfonamides is 1. The number of amides is 1. The summed E-state index contributed by atoms with van der Waals surface area (Å²) in [7, 11) is -0.925. The SMILES string of the molecule is COc1cc(C2CCC2)cc(OC)c1C1(C(=O)NS(=O)(=O)c2cccc3[nH]ccc23)CC1. The van der Waals surface area contributed by atoms with Crippen LogP contribution in [0.1, 0.15) is 49.1 Å². The highest BCUT2D eigenvalue weighted by Crippen LogP contribution is 2.56. The van der Waals surface area contributed by atoms with Crippen molar-refractivity contribution in [1.82, 2.24) is 9.71 Å². The Bertz CT molecular complexity index is 1280. The number of aromatic nitrogens is 1. The van der Waals surface area contributed by atoms with Crippen LogP contribution in [0.4, 0.5) is 0 Å². The summed E-state index contributed by atoms with van der Waals surface area (Å²) < 4.78 is 40.0. The molecule has 0 saturated heterocycles. The third-order valence-corrected chi connectivity index (χ3v) is 8.23. The topological polar surface area (TPSA) is 97.5 Å². The summed E-state index contributed by atoms with van der Waals surface area (Å²) in [6.45, 7) is 0. The van der Waals surface area contributed by atoms with Crippen molar-refractivity contribution in [2.24, 2.45) is 0 Å². The second-order valence-electron chi connectivity index (χ2n) is 8.64. The number of carbonyl (C=O) groups excluding carboxylic acids is 1. The standard InChI is InChI=1S/C24H26N2O5S/c1-30-19-13-16(15-5-3-6-15)14-20(31-2)22(19)24(10-11-24)23(27)26-32(28,29)21-8-4-7-18-17(21)9-12-25-18/h4,7-9,12-15,25H,3,5-6,10-11H2,1-2H3,(H,26,27). The number of nitrogens with one attached hydrogen (secondary N) is 2. The van der Waals surface area contributed by atoms with Gasteiger partial charge in [0.15, 0.2) is 0 Å². The molecule has 2 aliphatic carbocycles. The van der Waals surface area contributed by atoms with Crippen LogP contribution in [0.25, 0.3) is 10.9 Å². The zero-order valence-electron chi connectivity index (χ0n) is 18.1. The van der Waals surface area contributed by atoms with Crippen molar-refractivity contribution in [2.45, 2.75) is 48.3 Å². The molecule has 1 amide bonds. The minimum Gasteiger partial charge on any atom is -0.496 e. The van der Waals surface area contributed by atoms with Gasteiger partial charge in [-0.2, -0.15) is 0 Å². The Labute approximate surface area is 187 Å². The molecule has 2 saturated carbocycles. The first-order valence-electron chi connectivity index (χ1n) is 10.8. The average molecular weight is 455 g/mol. The van der Waals surface area contributed by atoms with E-state index in [4.69, 9.17) is 9.47 Å². The Hall–Kier alpha value is -3.00. The third kappa shape index (κ3) is 3.24. The molecule has 2 aliphatic rings. The summed E-state index contributed by atoms with van der Waals surface area (Å²) in [6, 6.07) is 10.6. The molecule has 1 aromatic heterocycles. The summed E-state index contributed by atoms with van der Waals surface area (Å²) in [5, 5.41) is 0.539. The Balaban J connectivity index is 1.51. The van der Waals surface area contributed by atoms with Crippen LogP contribution in [0.15, 0.2) is 47.5 Å². The lowest BCUT2D eigenvalue weighted by Crippen LogP contribution is -2.39. The maximum Gasteiger partial charge on any atom is 0.264 e. The van der Waals surface area contributed by atoms with E-state index < -0.39 is 21.3 Å². The van der Waals surface area contributed by atoms with Crippen molar-refractivity contribution in [1.29, 1.82) is 0 Å². The molecule has 0 unspecified atom stereocenters. The highest BCUT2D eigenvalue weighted by Gasteiger charge is 2.56. The maximum absolute atomic E-state index is 13.4. The zero-order valence-corrected chi connectivity index (χ0v) is 18.9. The van der Waals surface area contributed by atoms with Gasteiger partial charge in [0, 0.05) is 17.1 Å². The lowest BCUT2D eigenvalue weighted by Gasteiger charge is -2.28.